The van der Waals surface area contributed by atoms with E-state index < -0.39 is 6.10 Å². The van der Waals surface area contributed by atoms with Crippen LogP contribution in [0.25, 0.3) is 0 Å². The van der Waals surface area contributed by atoms with Gasteiger partial charge < -0.3 is 15.3 Å². The Bertz CT molecular complexity index is 388. The Balaban J connectivity index is 2.09. The molecule has 1 aliphatic heterocycles. The zero-order valence-corrected chi connectivity index (χ0v) is 10.7. The third-order valence-corrected chi connectivity index (χ3v) is 3.45. The number of carbonyl (C=O) groups excluding carboxylic acids is 1. The minimum Gasteiger partial charge on any atom is -0.378 e. The van der Waals surface area contributed by atoms with E-state index in [0.29, 0.717) is 12.1 Å². The maximum atomic E-state index is 12.3. The summed E-state index contributed by atoms with van der Waals surface area (Å²) in [5, 5.41) is 13.4. The monoisotopic (exact) mass is 248 g/mol. The first kappa shape index (κ1) is 13.1. The van der Waals surface area contributed by atoms with Crippen molar-refractivity contribution in [3.63, 3.8) is 0 Å². The van der Waals surface area contributed by atoms with Crippen molar-refractivity contribution in [2.24, 2.45) is 0 Å². The van der Waals surface area contributed by atoms with Gasteiger partial charge in [-0.2, -0.15) is 0 Å². The smallest absolute Gasteiger partial charge is 0.256 e. The highest BCUT2D eigenvalue weighted by Gasteiger charge is 2.29. The van der Waals surface area contributed by atoms with Crippen molar-refractivity contribution in [1.29, 1.82) is 0 Å². The van der Waals surface area contributed by atoms with Crippen molar-refractivity contribution < 1.29 is 9.90 Å². The molecule has 2 N–H and O–H groups in total. The number of rotatable bonds is 4. The van der Waals surface area contributed by atoms with E-state index in [4.69, 9.17) is 0 Å². The minimum absolute atomic E-state index is 0.197. The molecule has 1 amide bonds. The van der Waals surface area contributed by atoms with Crippen LogP contribution in [0.1, 0.15) is 25.0 Å². The molecule has 4 heteroatoms. The number of aliphatic hydroxyl groups excluding tert-OH is 1. The molecule has 0 aliphatic carbocycles. The summed E-state index contributed by atoms with van der Waals surface area (Å²) in [6.07, 6.45) is -0.0899. The van der Waals surface area contributed by atoms with E-state index >= 15 is 0 Å². The van der Waals surface area contributed by atoms with Crippen molar-refractivity contribution in [2.75, 3.05) is 19.6 Å². The third kappa shape index (κ3) is 2.71. The van der Waals surface area contributed by atoms with Crippen LogP contribution in [0.4, 0.5) is 0 Å². The Hall–Kier alpha value is -1.39. The largest absolute Gasteiger partial charge is 0.378 e. The fourth-order valence-electron chi connectivity index (χ4n) is 2.43. The van der Waals surface area contributed by atoms with Gasteiger partial charge in [-0.3, -0.25) is 4.79 Å². The average Bonchev–Trinajstić information content (AvgIpc) is 2.93. The van der Waals surface area contributed by atoms with Crippen LogP contribution in [0.15, 0.2) is 30.3 Å². The molecule has 1 aliphatic rings. The van der Waals surface area contributed by atoms with Crippen LogP contribution in [-0.4, -0.2) is 41.6 Å². The molecule has 0 radical (unpaired) electrons. The average molecular weight is 248 g/mol. The molecule has 0 spiro atoms. The normalized spacial score (nSPS) is 20.7. The highest BCUT2D eigenvalue weighted by molar-refractivity contribution is 5.82. The number of benzene rings is 1. The van der Waals surface area contributed by atoms with Gasteiger partial charge in [-0.05, 0) is 25.5 Å². The quantitative estimate of drug-likeness (QED) is 0.833. The summed E-state index contributed by atoms with van der Waals surface area (Å²) in [5.74, 6) is -0.197. The molecule has 98 valence electrons. The second-order valence-corrected chi connectivity index (χ2v) is 4.58. The van der Waals surface area contributed by atoms with Gasteiger partial charge in [0.2, 0.25) is 0 Å². The molecular weight excluding hydrogens is 228 g/mol. The molecule has 0 saturated carbocycles. The van der Waals surface area contributed by atoms with E-state index in [9.17, 15) is 9.90 Å². The van der Waals surface area contributed by atoms with Crippen LogP contribution in [0.5, 0.6) is 0 Å². The Labute approximate surface area is 108 Å². The molecule has 1 aromatic rings. The molecule has 0 aromatic heterocycles. The first-order valence-electron chi connectivity index (χ1n) is 6.48. The second-order valence-electron chi connectivity index (χ2n) is 4.58. The van der Waals surface area contributed by atoms with Gasteiger partial charge in [0.15, 0.2) is 6.10 Å². The van der Waals surface area contributed by atoms with Crippen molar-refractivity contribution in [3.05, 3.63) is 35.9 Å². The second kappa shape index (κ2) is 5.98. The summed E-state index contributed by atoms with van der Waals surface area (Å²) in [6.45, 7) is 4.35. The zero-order valence-electron chi connectivity index (χ0n) is 10.7. The number of amides is 1. The van der Waals surface area contributed by atoms with E-state index in [1.54, 1.807) is 17.0 Å². The molecule has 2 unspecified atom stereocenters. The Morgan fingerprint density at radius 2 is 2.22 bits per heavy atom. The first-order chi connectivity index (χ1) is 8.74. The van der Waals surface area contributed by atoms with Gasteiger partial charge in [0.05, 0.1) is 0 Å². The summed E-state index contributed by atoms with van der Waals surface area (Å²) < 4.78 is 0. The number of nitrogens with zero attached hydrogens (tertiary/aromatic N) is 1. The molecular formula is C14H20N2O2. The first-order valence-corrected chi connectivity index (χ1v) is 6.48. The molecule has 2 rings (SSSR count). The predicted octanol–water partition coefficient (Wildman–Crippen LogP) is 0.930. The van der Waals surface area contributed by atoms with Gasteiger partial charge in [0, 0.05) is 19.1 Å². The Morgan fingerprint density at radius 1 is 1.50 bits per heavy atom. The van der Waals surface area contributed by atoms with Crippen LogP contribution in [0, 0.1) is 0 Å². The lowest BCUT2D eigenvalue weighted by atomic mass is 10.1. The van der Waals surface area contributed by atoms with Gasteiger partial charge in [0.25, 0.3) is 5.91 Å². The lowest BCUT2D eigenvalue weighted by molar-refractivity contribution is -0.142. The van der Waals surface area contributed by atoms with E-state index in [0.717, 1.165) is 19.5 Å². The number of aliphatic hydroxyl groups is 1. The van der Waals surface area contributed by atoms with Crippen LogP contribution in [0.2, 0.25) is 0 Å². The zero-order chi connectivity index (χ0) is 13.0. The molecule has 0 bridgehead atoms. The van der Waals surface area contributed by atoms with Gasteiger partial charge in [-0.15, -0.1) is 0 Å². The number of nitrogens with one attached hydrogen (secondary N) is 1. The lowest BCUT2D eigenvalue weighted by Crippen LogP contribution is -2.43. The molecule has 1 aromatic carbocycles. The molecule has 18 heavy (non-hydrogen) atoms. The van der Waals surface area contributed by atoms with Crippen LogP contribution in [0.3, 0.4) is 0 Å². The summed E-state index contributed by atoms with van der Waals surface area (Å²) in [4.78, 5) is 14.1. The summed E-state index contributed by atoms with van der Waals surface area (Å²) in [5.41, 5.74) is 0.659. The highest BCUT2D eigenvalue weighted by atomic mass is 16.3. The number of carbonyl (C=O) groups is 1. The van der Waals surface area contributed by atoms with Crippen molar-refractivity contribution in [2.45, 2.75) is 25.5 Å². The number of hydrogen-bond acceptors (Lipinski definition) is 3. The molecule has 1 fully saturated rings. The van der Waals surface area contributed by atoms with Crippen molar-refractivity contribution >= 4 is 5.91 Å². The lowest BCUT2D eigenvalue weighted by Gasteiger charge is -2.29. The summed E-state index contributed by atoms with van der Waals surface area (Å²) in [7, 11) is 0. The van der Waals surface area contributed by atoms with Crippen LogP contribution in [-0.2, 0) is 4.79 Å². The van der Waals surface area contributed by atoms with E-state index in [1.807, 2.05) is 25.1 Å². The Morgan fingerprint density at radius 3 is 2.78 bits per heavy atom. The van der Waals surface area contributed by atoms with Crippen LogP contribution < -0.4 is 5.32 Å². The van der Waals surface area contributed by atoms with Gasteiger partial charge >= 0.3 is 0 Å². The molecule has 2 atom stereocenters. The number of hydrogen-bond donors (Lipinski definition) is 2. The Kier molecular flexibility index (Phi) is 4.33. The predicted molar refractivity (Wildman–Crippen MR) is 70.1 cm³/mol. The van der Waals surface area contributed by atoms with E-state index in [2.05, 4.69) is 5.32 Å². The van der Waals surface area contributed by atoms with Gasteiger partial charge in [-0.25, -0.2) is 0 Å². The van der Waals surface area contributed by atoms with Gasteiger partial charge in [0.1, 0.15) is 0 Å². The topological polar surface area (TPSA) is 52.6 Å². The SMILES string of the molecule is CCN(C(=O)C(O)c1ccccc1)C1CCNC1. The fourth-order valence-corrected chi connectivity index (χ4v) is 2.43. The molecule has 1 saturated heterocycles. The fraction of sp³-hybridized carbons (Fsp3) is 0.500. The van der Waals surface area contributed by atoms with E-state index in [-0.39, 0.29) is 11.9 Å². The summed E-state index contributed by atoms with van der Waals surface area (Å²) >= 11 is 0. The van der Waals surface area contributed by atoms with E-state index in [1.165, 1.54) is 0 Å². The minimum atomic E-state index is -1.05. The molecule has 1 heterocycles. The third-order valence-electron chi connectivity index (χ3n) is 3.45. The number of likely N-dealkylation sites (N-methyl/N-ethyl adjacent to an activating group) is 1. The maximum Gasteiger partial charge on any atom is 0.256 e. The standard InChI is InChI=1S/C14H20N2O2/c1-2-16(12-8-9-15-10-12)14(18)13(17)11-6-4-3-5-7-11/h3-7,12-13,15,17H,2,8-10H2,1H3. The maximum absolute atomic E-state index is 12.3. The van der Waals surface area contributed by atoms with Gasteiger partial charge in [-0.1, -0.05) is 30.3 Å². The van der Waals surface area contributed by atoms with Crippen molar-refractivity contribution in [3.8, 4) is 0 Å². The van der Waals surface area contributed by atoms with Crippen LogP contribution >= 0.6 is 0 Å². The highest BCUT2D eigenvalue weighted by Crippen LogP contribution is 2.18. The summed E-state index contributed by atoms with van der Waals surface area (Å²) in [6, 6.07) is 9.31. The van der Waals surface area contributed by atoms with Crippen molar-refractivity contribution in [1.82, 2.24) is 10.2 Å². The molecule has 4 nitrogen and oxygen atoms in total.